The molecule has 154 valence electrons. The van der Waals surface area contributed by atoms with Crippen LogP contribution in [0.2, 0.25) is 0 Å². The van der Waals surface area contributed by atoms with E-state index in [2.05, 4.69) is 25.6 Å². The molecule has 1 fully saturated rings. The van der Waals surface area contributed by atoms with Gasteiger partial charge in [-0.05, 0) is 43.5 Å². The number of hydrogen-bond donors (Lipinski definition) is 3. The Morgan fingerprint density at radius 3 is 2.73 bits per heavy atom. The molecular formula is C20H20N6O3S. The summed E-state index contributed by atoms with van der Waals surface area (Å²) in [7, 11) is 0. The van der Waals surface area contributed by atoms with E-state index in [-0.39, 0.29) is 36.2 Å². The molecule has 1 aromatic carbocycles. The molecule has 0 aliphatic heterocycles. The number of carbonyl (C=O) groups excluding carboxylic acids is 2. The number of para-hydroxylation sites is 1. The second-order valence-corrected chi connectivity index (χ2v) is 7.96. The Morgan fingerprint density at radius 1 is 1.17 bits per heavy atom. The second kappa shape index (κ2) is 8.46. The van der Waals surface area contributed by atoms with Crippen molar-refractivity contribution in [2.45, 2.75) is 26.4 Å². The lowest BCUT2D eigenvalue weighted by Gasteiger charge is -2.09. The number of rotatable bonds is 7. The molecule has 1 aliphatic rings. The molecule has 1 aliphatic carbocycles. The number of nitrogen functional groups attached to an aromatic ring is 1. The molecule has 1 amide bonds. The number of nitrogens with two attached hydrogens (primary N) is 1. The van der Waals surface area contributed by atoms with Gasteiger partial charge in [0.05, 0.1) is 5.00 Å². The van der Waals surface area contributed by atoms with E-state index in [0.717, 1.165) is 35.4 Å². The quantitative estimate of drug-likeness (QED) is 0.492. The fourth-order valence-corrected chi connectivity index (χ4v) is 3.48. The van der Waals surface area contributed by atoms with Crippen LogP contribution >= 0.6 is 11.3 Å². The number of nitrogens with one attached hydrogen (secondary N) is 2. The monoisotopic (exact) mass is 424 g/mol. The highest BCUT2D eigenvalue weighted by Crippen LogP contribution is 2.31. The highest BCUT2D eigenvalue weighted by Gasteiger charge is 2.30. The van der Waals surface area contributed by atoms with Crippen LogP contribution in [0.3, 0.4) is 0 Å². The van der Waals surface area contributed by atoms with Crippen molar-refractivity contribution in [1.82, 2.24) is 15.0 Å². The van der Waals surface area contributed by atoms with Crippen molar-refractivity contribution < 1.29 is 14.3 Å². The Morgan fingerprint density at radius 2 is 1.97 bits per heavy atom. The number of thiophene rings is 1. The second-order valence-electron chi connectivity index (χ2n) is 6.88. The third kappa shape index (κ3) is 4.90. The van der Waals surface area contributed by atoms with Crippen LogP contribution in [0.1, 0.15) is 33.9 Å². The summed E-state index contributed by atoms with van der Waals surface area (Å²) < 4.78 is 5.30. The maximum atomic E-state index is 12.3. The fourth-order valence-electron chi connectivity index (χ4n) is 2.68. The molecule has 4 N–H and O–H groups in total. The topological polar surface area (TPSA) is 132 Å². The molecule has 2 heterocycles. The first-order chi connectivity index (χ1) is 14.5. The Bertz CT molecular complexity index is 1100. The van der Waals surface area contributed by atoms with Gasteiger partial charge in [0.15, 0.2) is 12.4 Å². The van der Waals surface area contributed by atoms with Gasteiger partial charge in [0.1, 0.15) is 4.88 Å². The van der Waals surface area contributed by atoms with Crippen LogP contribution in [-0.4, -0.2) is 26.8 Å². The van der Waals surface area contributed by atoms with Crippen LogP contribution in [0.4, 0.5) is 22.6 Å². The minimum atomic E-state index is -0.528. The summed E-state index contributed by atoms with van der Waals surface area (Å²) in [6.45, 7) is 1.80. The molecule has 0 radical (unpaired) electrons. The smallest absolute Gasteiger partial charge is 0.348 e. The molecule has 0 unspecified atom stereocenters. The maximum absolute atomic E-state index is 12.3. The maximum Gasteiger partial charge on any atom is 0.348 e. The van der Waals surface area contributed by atoms with Crippen molar-refractivity contribution in [3.05, 3.63) is 52.7 Å². The molecule has 1 saturated carbocycles. The number of anilines is 4. The van der Waals surface area contributed by atoms with Gasteiger partial charge < -0.3 is 21.1 Å². The Kier molecular flexibility index (Phi) is 5.57. The largest absolute Gasteiger partial charge is 0.453 e. The summed E-state index contributed by atoms with van der Waals surface area (Å²) in [4.78, 5) is 36.9. The van der Waals surface area contributed by atoms with Gasteiger partial charge >= 0.3 is 5.97 Å². The Balaban J connectivity index is 1.38. The molecule has 9 nitrogen and oxygen atoms in total. The highest BCUT2D eigenvalue weighted by molar-refractivity contribution is 7.18. The van der Waals surface area contributed by atoms with Crippen LogP contribution in [0.15, 0.2) is 36.4 Å². The fraction of sp³-hybridized carbons (Fsp3) is 0.250. The normalized spacial score (nSPS) is 13.0. The molecule has 3 aromatic rings. The number of hydrogen-bond acceptors (Lipinski definition) is 9. The lowest BCUT2D eigenvalue weighted by molar-refractivity contribution is -0.117. The van der Waals surface area contributed by atoms with Gasteiger partial charge in [-0.15, -0.1) is 11.3 Å². The van der Waals surface area contributed by atoms with E-state index >= 15 is 0 Å². The first-order valence-corrected chi connectivity index (χ1v) is 10.2. The van der Waals surface area contributed by atoms with Gasteiger partial charge in [0, 0.05) is 11.6 Å². The molecule has 0 spiro atoms. The summed E-state index contributed by atoms with van der Waals surface area (Å²) in [5, 5.41) is 6.52. The molecule has 4 rings (SSSR count). The minimum absolute atomic E-state index is 0.00823. The molecule has 30 heavy (non-hydrogen) atoms. The average molecular weight is 424 g/mol. The number of ether oxygens (including phenoxy) is 1. The lowest BCUT2D eigenvalue weighted by atomic mass is 10.2. The van der Waals surface area contributed by atoms with Crippen molar-refractivity contribution in [2.75, 3.05) is 16.4 Å². The summed E-state index contributed by atoms with van der Waals surface area (Å²) in [6, 6.07) is 11.0. The molecule has 0 atom stereocenters. The third-order valence-electron chi connectivity index (χ3n) is 4.42. The number of esters is 1. The first-order valence-electron chi connectivity index (χ1n) is 9.39. The molecule has 0 bridgehead atoms. The van der Waals surface area contributed by atoms with Crippen LogP contribution in [-0.2, 0) is 16.1 Å². The van der Waals surface area contributed by atoms with Crippen molar-refractivity contribution >= 4 is 45.8 Å². The van der Waals surface area contributed by atoms with Crippen molar-refractivity contribution in [3.63, 3.8) is 0 Å². The third-order valence-corrected chi connectivity index (χ3v) is 5.41. The minimum Gasteiger partial charge on any atom is -0.453 e. The Labute approximate surface area is 176 Å². The van der Waals surface area contributed by atoms with E-state index in [1.165, 1.54) is 0 Å². The molecular weight excluding hydrogens is 404 g/mol. The number of aryl methyl sites for hydroxylation is 1. The standard InChI is InChI=1S/C20H20N6O3S/c1-11-4-2-3-5-13(11)22-20-24-15(23-19(21)26-20)10-29-18(28)14-8-9-16(30-14)25-17(27)12-6-7-12/h2-5,8-9,12H,6-7,10H2,1H3,(H,25,27)(H3,21,22,23,24,26). The van der Waals surface area contributed by atoms with Gasteiger partial charge in [-0.25, -0.2) is 4.79 Å². The first kappa shape index (κ1) is 19.8. The van der Waals surface area contributed by atoms with E-state index in [4.69, 9.17) is 10.5 Å². The van der Waals surface area contributed by atoms with E-state index in [1.54, 1.807) is 12.1 Å². The van der Waals surface area contributed by atoms with E-state index < -0.39 is 5.97 Å². The summed E-state index contributed by atoms with van der Waals surface area (Å²) in [6.07, 6.45) is 1.84. The van der Waals surface area contributed by atoms with Gasteiger partial charge in [0.2, 0.25) is 17.8 Å². The van der Waals surface area contributed by atoms with Crippen LogP contribution in [0.25, 0.3) is 0 Å². The number of benzene rings is 1. The zero-order chi connectivity index (χ0) is 21.1. The molecule has 10 heteroatoms. The van der Waals surface area contributed by atoms with Crippen LogP contribution in [0.5, 0.6) is 0 Å². The van der Waals surface area contributed by atoms with Crippen LogP contribution in [0, 0.1) is 12.8 Å². The Hall–Kier alpha value is -3.53. The number of nitrogens with zero attached hydrogens (tertiary/aromatic N) is 3. The number of amides is 1. The number of carbonyl (C=O) groups is 2. The summed E-state index contributed by atoms with van der Waals surface area (Å²) >= 11 is 1.16. The zero-order valence-electron chi connectivity index (χ0n) is 16.2. The van der Waals surface area contributed by atoms with Crippen molar-refractivity contribution in [2.24, 2.45) is 5.92 Å². The van der Waals surface area contributed by atoms with Gasteiger partial charge in [0.25, 0.3) is 0 Å². The van der Waals surface area contributed by atoms with E-state index in [0.29, 0.717) is 9.88 Å². The lowest BCUT2D eigenvalue weighted by Crippen LogP contribution is -2.12. The van der Waals surface area contributed by atoms with Crippen molar-refractivity contribution in [3.8, 4) is 0 Å². The van der Waals surface area contributed by atoms with Crippen LogP contribution < -0.4 is 16.4 Å². The van der Waals surface area contributed by atoms with Crippen molar-refractivity contribution in [1.29, 1.82) is 0 Å². The molecule has 2 aromatic heterocycles. The van der Waals surface area contributed by atoms with Gasteiger partial charge in [-0.3, -0.25) is 4.79 Å². The summed E-state index contributed by atoms with van der Waals surface area (Å²) in [5.74, 6) is 0.0767. The van der Waals surface area contributed by atoms with E-state index in [1.807, 2.05) is 31.2 Å². The predicted octanol–water partition coefficient (Wildman–Crippen LogP) is 3.27. The average Bonchev–Trinajstić information content (AvgIpc) is 3.47. The predicted molar refractivity (Wildman–Crippen MR) is 113 cm³/mol. The van der Waals surface area contributed by atoms with E-state index in [9.17, 15) is 9.59 Å². The van der Waals surface area contributed by atoms with Gasteiger partial charge in [-0.2, -0.15) is 15.0 Å². The SMILES string of the molecule is Cc1ccccc1Nc1nc(N)nc(COC(=O)c2ccc(NC(=O)C3CC3)s2)n1. The number of aromatic nitrogens is 3. The summed E-state index contributed by atoms with van der Waals surface area (Å²) in [5.41, 5.74) is 7.63. The molecule has 0 saturated heterocycles. The van der Waals surface area contributed by atoms with Gasteiger partial charge in [-0.1, -0.05) is 18.2 Å². The highest BCUT2D eigenvalue weighted by atomic mass is 32.1. The zero-order valence-corrected chi connectivity index (χ0v) is 17.0.